The third-order valence-corrected chi connectivity index (χ3v) is 4.68. The standard InChI is InChI=1S/C24H22ClNO2/c1-24(2,3)18-12-13-21(28-23(27)16-8-5-4-6-9-16)20(15-18)22(26)17-10-7-11-19(25)14-17/h4-15,26H,1-3H3. The van der Waals surface area contributed by atoms with Gasteiger partial charge in [-0.1, -0.05) is 68.8 Å². The molecule has 0 saturated carbocycles. The summed E-state index contributed by atoms with van der Waals surface area (Å²) >= 11 is 6.10. The van der Waals surface area contributed by atoms with E-state index in [-0.39, 0.29) is 11.1 Å². The van der Waals surface area contributed by atoms with E-state index in [0.717, 1.165) is 5.56 Å². The molecule has 3 rings (SSSR count). The lowest BCUT2D eigenvalue weighted by Crippen LogP contribution is -2.16. The van der Waals surface area contributed by atoms with Crippen molar-refractivity contribution in [1.82, 2.24) is 0 Å². The number of carbonyl (C=O) groups is 1. The highest BCUT2D eigenvalue weighted by Crippen LogP contribution is 2.30. The van der Waals surface area contributed by atoms with Gasteiger partial charge in [0.1, 0.15) is 5.75 Å². The summed E-state index contributed by atoms with van der Waals surface area (Å²) < 4.78 is 5.66. The molecule has 1 N–H and O–H groups in total. The zero-order chi connectivity index (χ0) is 20.3. The smallest absolute Gasteiger partial charge is 0.343 e. The molecule has 0 saturated heterocycles. The molecule has 3 nitrogen and oxygen atoms in total. The van der Waals surface area contributed by atoms with Crippen molar-refractivity contribution in [2.24, 2.45) is 0 Å². The van der Waals surface area contributed by atoms with Crippen molar-refractivity contribution >= 4 is 23.3 Å². The van der Waals surface area contributed by atoms with E-state index in [1.807, 2.05) is 24.3 Å². The normalized spacial score (nSPS) is 11.1. The summed E-state index contributed by atoms with van der Waals surface area (Å²) in [6.45, 7) is 6.31. The van der Waals surface area contributed by atoms with Crippen LogP contribution >= 0.6 is 11.6 Å². The number of hydrogen-bond donors (Lipinski definition) is 1. The van der Waals surface area contributed by atoms with Crippen LogP contribution in [0.3, 0.4) is 0 Å². The van der Waals surface area contributed by atoms with Gasteiger partial charge in [0.15, 0.2) is 0 Å². The molecule has 4 heteroatoms. The molecular formula is C24H22ClNO2. The largest absolute Gasteiger partial charge is 0.422 e. The molecule has 0 amide bonds. The summed E-state index contributed by atoms with van der Waals surface area (Å²) in [6, 6.07) is 21.5. The fraction of sp³-hybridized carbons (Fsp3) is 0.167. The van der Waals surface area contributed by atoms with Crippen molar-refractivity contribution in [3.05, 3.63) is 100 Å². The average molecular weight is 392 g/mol. The van der Waals surface area contributed by atoms with E-state index in [9.17, 15) is 4.79 Å². The average Bonchev–Trinajstić information content (AvgIpc) is 2.67. The Hall–Kier alpha value is -2.91. The molecule has 0 aliphatic heterocycles. The summed E-state index contributed by atoms with van der Waals surface area (Å²) in [4.78, 5) is 12.5. The van der Waals surface area contributed by atoms with Crippen LogP contribution in [0, 0.1) is 5.41 Å². The highest BCUT2D eigenvalue weighted by Gasteiger charge is 2.20. The Morgan fingerprint density at radius 3 is 2.21 bits per heavy atom. The molecule has 3 aromatic carbocycles. The molecule has 0 radical (unpaired) electrons. The van der Waals surface area contributed by atoms with Crippen molar-refractivity contribution in [1.29, 1.82) is 5.41 Å². The monoisotopic (exact) mass is 391 g/mol. The lowest BCUT2D eigenvalue weighted by molar-refractivity contribution is 0.0734. The number of rotatable bonds is 4. The topological polar surface area (TPSA) is 50.2 Å². The minimum Gasteiger partial charge on any atom is -0.422 e. The van der Waals surface area contributed by atoms with Crippen molar-refractivity contribution in [3.8, 4) is 5.75 Å². The first kappa shape index (κ1) is 19.8. The molecule has 142 valence electrons. The molecule has 0 heterocycles. The number of nitrogens with one attached hydrogen (secondary N) is 1. The van der Waals surface area contributed by atoms with Gasteiger partial charge in [-0.05, 0) is 47.4 Å². The van der Waals surface area contributed by atoms with E-state index in [4.69, 9.17) is 21.7 Å². The summed E-state index contributed by atoms with van der Waals surface area (Å²) in [6.07, 6.45) is 0. The quantitative estimate of drug-likeness (QED) is 0.323. The fourth-order valence-electron chi connectivity index (χ4n) is 2.81. The Kier molecular flexibility index (Phi) is 5.66. The van der Waals surface area contributed by atoms with Crippen molar-refractivity contribution in [2.75, 3.05) is 0 Å². The van der Waals surface area contributed by atoms with Crippen LogP contribution in [0.25, 0.3) is 0 Å². The molecule has 0 unspecified atom stereocenters. The first-order valence-electron chi connectivity index (χ1n) is 9.02. The Morgan fingerprint density at radius 1 is 0.893 bits per heavy atom. The van der Waals surface area contributed by atoms with Crippen LogP contribution in [0.4, 0.5) is 0 Å². The van der Waals surface area contributed by atoms with Gasteiger partial charge in [0, 0.05) is 16.1 Å². The van der Waals surface area contributed by atoms with Gasteiger partial charge in [-0.2, -0.15) is 0 Å². The maximum absolute atomic E-state index is 12.5. The third kappa shape index (κ3) is 4.49. The van der Waals surface area contributed by atoms with E-state index < -0.39 is 5.97 Å². The summed E-state index contributed by atoms with van der Waals surface area (Å²) in [5, 5.41) is 9.26. The first-order valence-corrected chi connectivity index (χ1v) is 9.40. The molecule has 0 aromatic heterocycles. The van der Waals surface area contributed by atoms with Crippen molar-refractivity contribution in [2.45, 2.75) is 26.2 Å². The maximum Gasteiger partial charge on any atom is 0.343 e. The number of carbonyl (C=O) groups excluding carboxylic acids is 1. The van der Waals surface area contributed by atoms with Crippen LogP contribution in [0.1, 0.15) is 47.8 Å². The van der Waals surface area contributed by atoms with Crippen LogP contribution in [0.2, 0.25) is 5.02 Å². The molecule has 0 spiro atoms. The van der Waals surface area contributed by atoms with E-state index in [1.165, 1.54) is 0 Å². The van der Waals surface area contributed by atoms with Crippen LogP contribution in [-0.2, 0) is 5.41 Å². The van der Waals surface area contributed by atoms with Gasteiger partial charge in [0.05, 0.1) is 11.3 Å². The molecule has 0 atom stereocenters. The summed E-state index contributed by atoms with van der Waals surface area (Å²) in [7, 11) is 0. The van der Waals surface area contributed by atoms with E-state index >= 15 is 0 Å². The van der Waals surface area contributed by atoms with Gasteiger partial charge < -0.3 is 4.74 Å². The van der Waals surface area contributed by atoms with Crippen LogP contribution in [0.15, 0.2) is 72.8 Å². The molecule has 28 heavy (non-hydrogen) atoms. The Labute approximate surface area is 170 Å². The molecule has 0 aliphatic carbocycles. The second-order valence-corrected chi connectivity index (χ2v) is 8.04. The number of esters is 1. The number of ether oxygens (including phenoxy) is 1. The van der Waals surface area contributed by atoms with Gasteiger partial charge in [0.25, 0.3) is 0 Å². The van der Waals surface area contributed by atoms with Crippen molar-refractivity contribution in [3.63, 3.8) is 0 Å². The number of halogens is 1. The lowest BCUT2D eigenvalue weighted by Gasteiger charge is -2.21. The lowest BCUT2D eigenvalue weighted by atomic mass is 9.85. The van der Waals surface area contributed by atoms with Crippen LogP contribution in [-0.4, -0.2) is 11.7 Å². The predicted molar refractivity (Wildman–Crippen MR) is 114 cm³/mol. The third-order valence-electron chi connectivity index (χ3n) is 4.44. The molecule has 0 aliphatic rings. The number of hydrogen-bond acceptors (Lipinski definition) is 3. The predicted octanol–water partition coefficient (Wildman–Crippen LogP) is 6.27. The zero-order valence-electron chi connectivity index (χ0n) is 16.1. The fourth-order valence-corrected chi connectivity index (χ4v) is 3.00. The first-order chi connectivity index (χ1) is 13.3. The Balaban J connectivity index is 2.04. The maximum atomic E-state index is 12.5. The van der Waals surface area contributed by atoms with Gasteiger partial charge in [-0.3, -0.25) is 5.41 Å². The molecule has 0 fully saturated rings. The van der Waals surface area contributed by atoms with Crippen molar-refractivity contribution < 1.29 is 9.53 Å². The SMILES string of the molecule is CC(C)(C)c1ccc(OC(=O)c2ccccc2)c(C(=N)c2cccc(Cl)c2)c1. The minimum atomic E-state index is -0.454. The van der Waals surface area contributed by atoms with Gasteiger partial charge in [-0.15, -0.1) is 0 Å². The van der Waals surface area contributed by atoms with Gasteiger partial charge >= 0.3 is 5.97 Å². The Bertz CT molecular complexity index is 1020. The molecule has 3 aromatic rings. The van der Waals surface area contributed by atoms with Crippen LogP contribution < -0.4 is 4.74 Å². The second kappa shape index (κ2) is 7.99. The van der Waals surface area contributed by atoms with E-state index in [1.54, 1.807) is 48.5 Å². The Morgan fingerprint density at radius 2 is 1.57 bits per heavy atom. The highest BCUT2D eigenvalue weighted by atomic mass is 35.5. The number of benzene rings is 3. The second-order valence-electron chi connectivity index (χ2n) is 7.60. The van der Waals surface area contributed by atoms with Gasteiger partial charge in [0.2, 0.25) is 0 Å². The zero-order valence-corrected chi connectivity index (χ0v) is 16.9. The summed E-state index contributed by atoms with van der Waals surface area (Å²) in [5.41, 5.74) is 2.88. The van der Waals surface area contributed by atoms with E-state index in [2.05, 4.69) is 20.8 Å². The molecular weight excluding hydrogens is 370 g/mol. The minimum absolute atomic E-state index is 0.106. The molecule has 0 bridgehead atoms. The summed E-state index contributed by atoms with van der Waals surface area (Å²) in [5.74, 6) is -0.101. The van der Waals surface area contributed by atoms with E-state index in [0.29, 0.717) is 27.5 Å². The van der Waals surface area contributed by atoms with Gasteiger partial charge in [-0.25, -0.2) is 4.79 Å². The highest BCUT2D eigenvalue weighted by molar-refractivity contribution is 6.31. The van der Waals surface area contributed by atoms with Crippen LogP contribution in [0.5, 0.6) is 5.75 Å².